The standard InChI is InChI=1S/C19H16N2O4S/c1-11-3-4-15-13(8-24-16(15)5-11)6-18(23)25-9-14-7-17(22)21-12(2)10-26-19(21)20-14/h3-5,7-8,10H,6,9H2,1-2H3. The van der Waals surface area contributed by atoms with Crippen LogP contribution in [0.1, 0.15) is 22.5 Å². The normalized spacial score (nSPS) is 11.3. The number of thiazole rings is 1. The average molecular weight is 368 g/mol. The minimum absolute atomic E-state index is 0.0313. The van der Waals surface area contributed by atoms with Crippen molar-refractivity contribution in [3.05, 3.63) is 68.8 Å². The minimum Gasteiger partial charge on any atom is -0.464 e. The number of carbonyl (C=O) groups excluding carboxylic acids is 1. The molecule has 0 fully saturated rings. The molecular weight excluding hydrogens is 352 g/mol. The number of hydrogen-bond acceptors (Lipinski definition) is 6. The number of carbonyl (C=O) groups is 1. The van der Waals surface area contributed by atoms with E-state index in [-0.39, 0.29) is 18.6 Å². The largest absolute Gasteiger partial charge is 0.464 e. The van der Waals surface area contributed by atoms with Gasteiger partial charge in [0, 0.05) is 28.1 Å². The van der Waals surface area contributed by atoms with Gasteiger partial charge in [-0.15, -0.1) is 11.3 Å². The highest BCUT2D eigenvalue weighted by atomic mass is 32.1. The molecule has 0 bridgehead atoms. The fourth-order valence-electron chi connectivity index (χ4n) is 2.86. The molecule has 0 spiro atoms. The van der Waals surface area contributed by atoms with Crippen LogP contribution in [0.3, 0.4) is 0 Å². The van der Waals surface area contributed by atoms with Gasteiger partial charge in [-0.1, -0.05) is 12.1 Å². The Morgan fingerprint density at radius 3 is 3.00 bits per heavy atom. The topological polar surface area (TPSA) is 73.8 Å². The van der Waals surface area contributed by atoms with Crippen molar-refractivity contribution in [1.29, 1.82) is 0 Å². The van der Waals surface area contributed by atoms with Crippen molar-refractivity contribution in [2.75, 3.05) is 0 Å². The van der Waals surface area contributed by atoms with Gasteiger partial charge in [-0.05, 0) is 25.5 Å². The smallest absolute Gasteiger partial charge is 0.310 e. The number of esters is 1. The van der Waals surface area contributed by atoms with Gasteiger partial charge in [-0.3, -0.25) is 14.0 Å². The first-order chi connectivity index (χ1) is 12.5. The number of nitrogens with zero attached hydrogens (tertiary/aromatic N) is 2. The summed E-state index contributed by atoms with van der Waals surface area (Å²) in [5, 5.41) is 2.77. The molecule has 0 N–H and O–H groups in total. The lowest BCUT2D eigenvalue weighted by Crippen LogP contribution is -2.16. The summed E-state index contributed by atoms with van der Waals surface area (Å²) < 4.78 is 12.3. The molecule has 0 aliphatic carbocycles. The van der Waals surface area contributed by atoms with E-state index < -0.39 is 5.97 Å². The summed E-state index contributed by atoms with van der Waals surface area (Å²) in [6.45, 7) is 3.80. The number of aromatic nitrogens is 2. The third-order valence-corrected chi connectivity index (χ3v) is 5.10. The molecule has 0 unspecified atom stereocenters. The summed E-state index contributed by atoms with van der Waals surface area (Å²) in [7, 11) is 0. The second kappa shape index (κ2) is 6.42. The van der Waals surface area contributed by atoms with E-state index in [1.807, 2.05) is 37.4 Å². The summed E-state index contributed by atoms with van der Waals surface area (Å²) >= 11 is 1.38. The number of ether oxygens (including phenoxy) is 1. The van der Waals surface area contributed by atoms with Crippen LogP contribution in [-0.2, 0) is 22.6 Å². The zero-order valence-electron chi connectivity index (χ0n) is 14.3. The van der Waals surface area contributed by atoms with Crippen LogP contribution in [0, 0.1) is 13.8 Å². The van der Waals surface area contributed by atoms with Gasteiger partial charge in [0.1, 0.15) is 12.2 Å². The summed E-state index contributed by atoms with van der Waals surface area (Å²) in [5.74, 6) is -0.391. The maximum atomic E-state index is 12.2. The second-order valence-electron chi connectivity index (χ2n) is 6.18. The summed E-state index contributed by atoms with van der Waals surface area (Å²) in [5.41, 5.74) is 3.74. The van der Waals surface area contributed by atoms with Crippen LogP contribution >= 0.6 is 11.3 Å². The fourth-order valence-corrected chi connectivity index (χ4v) is 3.75. The molecule has 4 aromatic rings. The Bertz CT molecular complexity index is 1190. The van der Waals surface area contributed by atoms with Crippen LogP contribution in [0.25, 0.3) is 15.9 Å². The van der Waals surface area contributed by atoms with E-state index in [1.54, 1.807) is 6.26 Å². The lowest BCUT2D eigenvalue weighted by Gasteiger charge is -2.04. The highest BCUT2D eigenvalue weighted by Crippen LogP contribution is 2.23. The zero-order chi connectivity index (χ0) is 18.3. The summed E-state index contributed by atoms with van der Waals surface area (Å²) in [4.78, 5) is 29.3. The Morgan fingerprint density at radius 1 is 1.31 bits per heavy atom. The summed E-state index contributed by atoms with van der Waals surface area (Å²) in [6.07, 6.45) is 1.69. The van der Waals surface area contributed by atoms with Crippen molar-refractivity contribution in [3.63, 3.8) is 0 Å². The molecule has 3 heterocycles. The Morgan fingerprint density at radius 2 is 2.15 bits per heavy atom. The van der Waals surface area contributed by atoms with Gasteiger partial charge < -0.3 is 9.15 Å². The van der Waals surface area contributed by atoms with Crippen molar-refractivity contribution in [2.45, 2.75) is 26.9 Å². The highest BCUT2D eigenvalue weighted by Gasteiger charge is 2.13. The van der Waals surface area contributed by atoms with E-state index in [9.17, 15) is 9.59 Å². The number of fused-ring (bicyclic) bond motifs is 2. The van der Waals surface area contributed by atoms with Crippen LogP contribution in [0.4, 0.5) is 0 Å². The first-order valence-corrected chi connectivity index (χ1v) is 8.98. The van der Waals surface area contributed by atoms with E-state index in [0.29, 0.717) is 10.7 Å². The molecule has 0 aliphatic heterocycles. The molecule has 0 radical (unpaired) electrons. The molecule has 0 amide bonds. The Balaban J connectivity index is 1.47. The molecular formula is C19H16N2O4S. The Kier molecular flexibility index (Phi) is 4.08. The molecule has 6 nitrogen and oxygen atoms in total. The maximum absolute atomic E-state index is 12.2. The minimum atomic E-state index is -0.391. The van der Waals surface area contributed by atoms with Crippen LogP contribution < -0.4 is 5.56 Å². The second-order valence-corrected chi connectivity index (χ2v) is 7.02. The fraction of sp³-hybridized carbons (Fsp3) is 0.211. The molecule has 0 aliphatic rings. The van der Waals surface area contributed by atoms with Gasteiger partial charge in [0.15, 0.2) is 4.96 Å². The molecule has 0 saturated carbocycles. The van der Waals surface area contributed by atoms with Gasteiger partial charge >= 0.3 is 5.97 Å². The van der Waals surface area contributed by atoms with Crippen LogP contribution in [0.2, 0.25) is 0 Å². The van der Waals surface area contributed by atoms with Crippen molar-refractivity contribution >= 4 is 33.2 Å². The molecule has 3 aromatic heterocycles. The number of furan rings is 1. The van der Waals surface area contributed by atoms with Gasteiger partial charge in [-0.2, -0.15) is 0 Å². The van der Waals surface area contributed by atoms with E-state index in [2.05, 4.69) is 4.98 Å². The van der Waals surface area contributed by atoms with Crippen LogP contribution in [0.5, 0.6) is 0 Å². The molecule has 0 saturated heterocycles. The predicted octanol–water partition coefficient (Wildman–Crippen LogP) is 3.40. The van der Waals surface area contributed by atoms with E-state index >= 15 is 0 Å². The van der Waals surface area contributed by atoms with E-state index in [1.165, 1.54) is 21.8 Å². The van der Waals surface area contributed by atoms with Gasteiger partial charge in [0.05, 0.1) is 18.4 Å². The molecule has 132 valence electrons. The number of aryl methyl sites for hydroxylation is 2. The lowest BCUT2D eigenvalue weighted by molar-refractivity contribution is -0.144. The zero-order valence-corrected chi connectivity index (χ0v) is 15.1. The van der Waals surface area contributed by atoms with Gasteiger partial charge in [-0.25, -0.2) is 4.98 Å². The molecule has 26 heavy (non-hydrogen) atoms. The molecule has 1 aromatic carbocycles. The maximum Gasteiger partial charge on any atom is 0.310 e. The quantitative estimate of drug-likeness (QED) is 0.516. The molecule has 7 heteroatoms. The number of rotatable bonds is 4. The van der Waals surface area contributed by atoms with E-state index in [0.717, 1.165) is 27.8 Å². The monoisotopic (exact) mass is 368 g/mol. The average Bonchev–Trinajstić information content (AvgIpc) is 3.17. The first kappa shape index (κ1) is 16.5. The van der Waals surface area contributed by atoms with Crippen LogP contribution in [-0.4, -0.2) is 15.4 Å². The SMILES string of the molecule is Cc1ccc2c(CC(=O)OCc3cc(=O)n4c(C)csc4n3)coc2c1. The molecule has 0 atom stereocenters. The van der Waals surface area contributed by atoms with Crippen molar-refractivity contribution in [3.8, 4) is 0 Å². The van der Waals surface area contributed by atoms with Crippen molar-refractivity contribution in [2.24, 2.45) is 0 Å². The van der Waals surface area contributed by atoms with Crippen LogP contribution in [0.15, 0.2) is 45.1 Å². The van der Waals surface area contributed by atoms with E-state index in [4.69, 9.17) is 9.15 Å². The third kappa shape index (κ3) is 3.01. The third-order valence-electron chi connectivity index (χ3n) is 4.16. The number of benzene rings is 1. The summed E-state index contributed by atoms with van der Waals surface area (Å²) in [6, 6.07) is 7.24. The Hall–Kier alpha value is -2.93. The van der Waals surface area contributed by atoms with Gasteiger partial charge in [0.2, 0.25) is 0 Å². The highest BCUT2D eigenvalue weighted by molar-refractivity contribution is 7.15. The van der Waals surface area contributed by atoms with Crippen molar-refractivity contribution in [1.82, 2.24) is 9.38 Å². The lowest BCUT2D eigenvalue weighted by atomic mass is 10.1. The van der Waals surface area contributed by atoms with Gasteiger partial charge in [0.25, 0.3) is 5.56 Å². The van der Waals surface area contributed by atoms with Crippen molar-refractivity contribution < 1.29 is 13.9 Å². The number of hydrogen-bond donors (Lipinski definition) is 0. The Labute approximate surface area is 152 Å². The molecule has 4 rings (SSSR count). The predicted molar refractivity (Wildman–Crippen MR) is 98.5 cm³/mol. The first-order valence-electron chi connectivity index (χ1n) is 8.10.